The summed E-state index contributed by atoms with van der Waals surface area (Å²) in [4.78, 5) is 14.0. The van der Waals surface area contributed by atoms with Gasteiger partial charge in [0.2, 0.25) is 5.91 Å². The number of amides is 1. The fraction of sp³-hybridized carbons (Fsp3) is 0.267. The fourth-order valence-corrected chi connectivity index (χ4v) is 2.27. The average Bonchev–Trinajstić information content (AvgIpc) is 3.20. The minimum Gasteiger partial charge on any atom is -0.341 e. The van der Waals surface area contributed by atoms with Gasteiger partial charge in [0.15, 0.2) is 0 Å². The van der Waals surface area contributed by atoms with Crippen LogP contribution in [0, 0.1) is 0 Å². The van der Waals surface area contributed by atoms with Crippen molar-refractivity contribution in [2.45, 2.75) is 13.0 Å². The summed E-state index contributed by atoms with van der Waals surface area (Å²) >= 11 is 0. The highest BCUT2D eigenvalue weighted by molar-refractivity contribution is 5.78. The van der Waals surface area contributed by atoms with Gasteiger partial charge in [-0.1, -0.05) is 12.1 Å². The van der Waals surface area contributed by atoms with Gasteiger partial charge in [-0.25, -0.2) is 4.68 Å². The van der Waals surface area contributed by atoms with Gasteiger partial charge in [0.1, 0.15) is 6.33 Å². The number of likely N-dealkylation sites (N-methyl/N-ethyl adjacent to an activating group) is 1. The number of nitrogens with zero attached hydrogens (tertiary/aromatic N) is 7. The van der Waals surface area contributed by atoms with Gasteiger partial charge in [-0.3, -0.25) is 9.48 Å². The summed E-state index contributed by atoms with van der Waals surface area (Å²) in [6, 6.07) is 7.60. The zero-order valence-electron chi connectivity index (χ0n) is 13.0. The van der Waals surface area contributed by atoms with Crippen LogP contribution >= 0.6 is 0 Å². The molecule has 2 aromatic heterocycles. The number of benzene rings is 1. The minimum absolute atomic E-state index is 0.0593. The molecule has 3 rings (SSSR count). The third kappa shape index (κ3) is 3.60. The Kier molecular flexibility index (Phi) is 4.13. The third-order valence-corrected chi connectivity index (χ3v) is 3.51. The first-order valence-corrected chi connectivity index (χ1v) is 7.15. The highest BCUT2D eigenvalue weighted by atomic mass is 16.2. The van der Waals surface area contributed by atoms with Crippen LogP contribution in [0.3, 0.4) is 0 Å². The fourth-order valence-electron chi connectivity index (χ4n) is 2.27. The maximum absolute atomic E-state index is 12.3. The van der Waals surface area contributed by atoms with Gasteiger partial charge in [-0.15, -0.1) is 5.10 Å². The molecule has 0 aliphatic heterocycles. The van der Waals surface area contributed by atoms with Gasteiger partial charge in [0.25, 0.3) is 0 Å². The van der Waals surface area contributed by atoms with E-state index >= 15 is 0 Å². The van der Waals surface area contributed by atoms with Crippen LogP contribution in [0.4, 0.5) is 0 Å². The summed E-state index contributed by atoms with van der Waals surface area (Å²) in [7, 11) is 3.66. The van der Waals surface area contributed by atoms with Crippen molar-refractivity contribution in [2.24, 2.45) is 7.05 Å². The van der Waals surface area contributed by atoms with Gasteiger partial charge in [0.05, 0.1) is 18.3 Å². The molecule has 0 bridgehead atoms. The van der Waals surface area contributed by atoms with Gasteiger partial charge in [-0.05, 0) is 28.1 Å². The molecule has 23 heavy (non-hydrogen) atoms. The quantitative estimate of drug-likeness (QED) is 0.689. The number of tetrazole rings is 1. The molecule has 2 heterocycles. The largest absolute Gasteiger partial charge is 0.341 e. The van der Waals surface area contributed by atoms with E-state index in [4.69, 9.17) is 0 Å². The second-order valence-corrected chi connectivity index (χ2v) is 5.37. The smallest absolute Gasteiger partial charge is 0.227 e. The van der Waals surface area contributed by atoms with Gasteiger partial charge in [0, 0.05) is 32.4 Å². The maximum Gasteiger partial charge on any atom is 0.227 e. The number of rotatable bonds is 5. The average molecular weight is 311 g/mol. The zero-order chi connectivity index (χ0) is 16.2. The summed E-state index contributed by atoms with van der Waals surface area (Å²) in [5.74, 6) is 0.0593. The monoisotopic (exact) mass is 311 g/mol. The second kappa shape index (κ2) is 6.39. The lowest BCUT2D eigenvalue weighted by molar-refractivity contribution is -0.129. The number of aryl methyl sites for hydroxylation is 1. The summed E-state index contributed by atoms with van der Waals surface area (Å²) in [6.07, 6.45) is 5.56. The van der Waals surface area contributed by atoms with Crippen molar-refractivity contribution in [3.8, 4) is 5.69 Å². The normalized spacial score (nSPS) is 10.7. The van der Waals surface area contributed by atoms with Crippen molar-refractivity contribution in [3.63, 3.8) is 0 Å². The van der Waals surface area contributed by atoms with Crippen LogP contribution in [0.1, 0.15) is 11.1 Å². The molecular formula is C15H17N7O. The van der Waals surface area contributed by atoms with E-state index < -0.39 is 0 Å². The standard InChI is InChI=1S/C15H17N7O/c1-20(9-13-8-17-21(2)10-13)15(23)7-12-3-5-14(6-4-12)22-11-16-18-19-22/h3-6,8,10-11H,7,9H2,1-2H3. The molecule has 0 radical (unpaired) electrons. The third-order valence-electron chi connectivity index (χ3n) is 3.51. The Bertz CT molecular complexity index is 777. The van der Waals surface area contributed by atoms with Crippen molar-refractivity contribution in [1.82, 2.24) is 34.9 Å². The second-order valence-electron chi connectivity index (χ2n) is 5.37. The molecule has 8 heteroatoms. The Balaban J connectivity index is 1.61. The predicted octanol–water partition coefficient (Wildman–Crippen LogP) is 0.597. The van der Waals surface area contributed by atoms with E-state index in [9.17, 15) is 4.79 Å². The van der Waals surface area contributed by atoms with Crippen LogP contribution in [0.5, 0.6) is 0 Å². The zero-order valence-corrected chi connectivity index (χ0v) is 13.0. The lowest BCUT2D eigenvalue weighted by Gasteiger charge is -2.16. The topological polar surface area (TPSA) is 81.7 Å². The van der Waals surface area contributed by atoms with Crippen LogP contribution in [-0.4, -0.2) is 47.8 Å². The molecule has 8 nitrogen and oxygen atoms in total. The van der Waals surface area contributed by atoms with E-state index in [2.05, 4.69) is 20.6 Å². The molecule has 0 fully saturated rings. The van der Waals surface area contributed by atoms with E-state index in [0.717, 1.165) is 16.8 Å². The van der Waals surface area contributed by atoms with Crippen LogP contribution < -0.4 is 0 Å². The van der Waals surface area contributed by atoms with Crippen LogP contribution in [-0.2, 0) is 24.8 Å². The van der Waals surface area contributed by atoms with Crippen LogP contribution in [0.2, 0.25) is 0 Å². The first-order valence-electron chi connectivity index (χ1n) is 7.15. The molecule has 0 saturated carbocycles. The number of carbonyl (C=O) groups excluding carboxylic acids is 1. The van der Waals surface area contributed by atoms with E-state index in [1.54, 1.807) is 27.5 Å². The highest BCUT2D eigenvalue weighted by Gasteiger charge is 2.11. The molecule has 0 unspecified atom stereocenters. The Hall–Kier alpha value is -3.03. The first kappa shape index (κ1) is 14.9. The minimum atomic E-state index is 0.0593. The summed E-state index contributed by atoms with van der Waals surface area (Å²) in [6.45, 7) is 0.551. The van der Waals surface area contributed by atoms with E-state index in [-0.39, 0.29) is 5.91 Å². The molecule has 0 N–H and O–H groups in total. The van der Waals surface area contributed by atoms with Crippen molar-refractivity contribution in [3.05, 3.63) is 54.1 Å². The maximum atomic E-state index is 12.3. The number of hydrogen-bond acceptors (Lipinski definition) is 5. The summed E-state index contributed by atoms with van der Waals surface area (Å²) in [5.41, 5.74) is 2.82. The molecule has 0 spiro atoms. The number of hydrogen-bond donors (Lipinski definition) is 0. The molecule has 118 valence electrons. The van der Waals surface area contributed by atoms with E-state index in [0.29, 0.717) is 13.0 Å². The van der Waals surface area contributed by atoms with Crippen LogP contribution in [0.15, 0.2) is 43.0 Å². The Morgan fingerprint density at radius 3 is 2.61 bits per heavy atom. The Morgan fingerprint density at radius 1 is 1.22 bits per heavy atom. The molecule has 1 amide bonds. The molecule has 0 aliphatic carbocycles. The molecule has 1 aromatic carbocycles. The van der Waals surface area contributed by atoms with E-state index in [1.807, 2.05) is 37.5 Å². The van der Waals surface area contributed by atoms with Crippen molar-refractivity contribution in [2.75, 3.05) is 7.05 Å². The Morgan fingerprint density at radius 2 is 2.00 bits per heavy atom. The SMILES string of the molecule is CN(Cc1cnn(C)c1)C(=O)Cc1ccc(-n2cnnn2)cc1. The lowest BCUT2D eigenvalue weighted by atomic mass is 10.1. The molecule has 0 saturated heterocycles. The molecular weight excluding hydrogens is 294 g/mol. The van der Waals surface area contributed by atoms with E-state index in [1.165, 1.54) is 6.33 Å². The van der Waals surface area contributed by atoms with Crippen molar-refractivity contribution >= 4 is 5.91 Å². The molecule has 3 aromatic rings. The van der Waals surface area contributed by atoms with Crippen molar-refractivity contribution in [1.29, 1.82) is 0 Å². The summed E-state index contributed by atoms with van der Waals surface area (Å²) in [5, 5.41) is 15.1. The number of aromatic nitrogens is 6. The highest BCUT2D eigenvalue weighted by Crippen LogP contribution is 2.10. The Labute approximate surface area is 133 Å². The van der Waals surface area contributed by atoms with Crippen molar-refractivity contribution < 1.29 is 4.79 Å². The number of carbonyl (C=O) groups is 1. The van der Waals surface area contributed by atoms with Crippen LogP contribution in [0.25, 0.3) is 5.69 Å². The van der Waals surface area contributed by atoms with Gasteiger partial charge >= 0.3 is 0 Å². The van der Waals surface area contributed by atoms with Gasteiger partial charge in [-0.2, -0.15) is 5.10 Å². The molecule has 0 aliphatic rings. The summed E-state index contributed by atoms with van der Waals surface area (Å²) < 4.78 is 3.30. The lowest BCUT2D eigenvalue weighted by Crippen LogP contribution is -2.27. The molecule has 0 atom stereocenters. The first-order chi connectivity index (χ1) is 11.1. The predicted molar refractivity (Wildman–Crippen MR) is 82.5 cm³/mol. The van der Waals surface area contributed by atoms with Gasteiger partial charge < -0.3 is 4.90 Å².